The molecule has 2 rings (SSSR count). The van der Waals surface area contributed by atoms with Gasteiger partial charge in [-0.15, -0.1) is 0 Å². The molecule has 0 saturated carbocycles. The maximum Gasteiger partial charge on any atom is 0.226 e. The van der Waals surface area contributed by atoms with Gasteiger partial charge in [0.1, 0.15) is 0 Å². The van der Waals surface area contributed by atoms with Crippen LogP contribution >= 0.6 is 0 Å². The van der Waals surface area contributed by atoms with Gasteiger partial charge in [0.15, 0.2) is 0 Å². The van der Waals surface area contributed by atoms with Crippen molar-refractivity contribution in [3.05, 3.63) is 0 Å². The largest absolute Gasteiger partial charge is 0.356 e. The van der Waals surface area contributed by atoms with Gasteiger partial charge in [0.05, 0.1) is 5.41 Å². The van der Waals surface area contributed by atoms with E-state index in [1.165, 1.54) is 6.42 Å². The van der Waals surface area contributed by atoms with E-state index < -0.39 is 0 Å². The number of carbonyl (C=O) groups is 1. The van der Waals surface area contributed by atoms with Crippen molar-refractivity contribution < 1.29 is 4.79 Å². The zero-order valence-electron chi connectivity index (χ0n) is 8.77. The Labute approximate surface area is 85.6 Å². The van der Waals surface area contributed by atoms with Crippen LogP contribution in [0.25, 0.3) is 0 Å². The van der Waals surface area contributed by atoms with Gasteiger partial charge in [-0.05, 0) is 45.2 Å². The van der Waals surface area contributed by atoms with Gasteiger partial charge in [-0.25, -0.2) is 0 Å². The van der Waals surface area contributed by atoms with Gasteiger partial charge in [0.25, 0.3) is 0 Å². The summed E-state index contributed by atoms with van der Waals surface area (Å²) in [6.07, 6.45) is 6.71. The second-order valence-electron chi connectivity index (χ2n) is 4.60. The lowest BCUT2D eigenvalue weighted by Crippen LogP contribution is -2.40. The number of carbonyl (C=O) groups excluding carboxylic acids is 1. The third kappa shape index (κ3) is 1.92. The Morgan fingerprint density at radius 2 is 1.79 bits per heavy atom. The number of hydrogen-bond acceptors (Lipinski definition) is 2. The Morgan fingerprint density at radius 3 is 2.71 bits per heavy atom. The molecule has 3 nitrogen and oxygen atoms in total. The molecule has 2 heterocycles. The van der Waals surface area contributed by atoms with Gasteiger partial charge >= 0.3 is 0 Å². The highest BCUT2D eigenvalue weighted by Gasteiger charge is 2.38. The van der Waals surface area contributed by atoms with Crippen LogP contribution in [0.5, 0.6) is 0 Å². The van der Waals surface area contributed by atoms with E-state index in [2.05, 4.69) is 10.6 Å². The molecule has 2 N–H and O–H groups in total. The van der Waals surface area contributed by atoms with Crippen LogP contribution in [-0.2, 0) is 4.79 Å². The summed E-state index contributed by atoms with van der Waals surface area (Å²) in [6.45, 7) is 2.97. The number of amides is 1. The molecule has 2 fully saturated rings. The molecule has 0 aliphatic carbocycles. The Bertz CT molecular complexity index is 199. The Kier molecular flexibility index (Phi) is 3.06. The van der Waals surface area contributed by atoms with Crippen LogP contribution in [-0.4, -0.2) is 25.5 Å². The molecular weight excluding hydrogens is 176 g/mol. The fourth-order valence-electron chi connectivity index (χ4n) is 2.70. The van der Waals surface area contributed by atoms with Gasteiger partial charge in [-0.2, -0.15) is 0 Å². The molecule has 0 aromatic rings. The average Bonchev–Trinajstić information content (AvgIpc) is 2.51. The molecule has 0 aromatic heterocycles. The smallest absolute Gasteiger partial charge is 0.226 e. The summed E-state index contributed by atoms with van der Waals surface area (Å²) in [6, 6.07) is 0. The summed E-state index contributed by atoms with van der Waals surface area (Å²) in [5.74, 6) is 0.318. The second-order valence-corrected chi connectivity index (χ2v) is 4.60. The van der Waals surface area contributed by atoms with E-state index in [4.69, 9.17) is 0 Å². The maximum atomic E-state index is 12.0. The molecule has 1 amide bonds. The highest BCUT2D eigenvalue weighted by atomic mass is 16.2. The molecule has 1 unspecified atom stereocenters. The standard InChI is InChI=1S/C11H20N2O/c14-10-11(4-1-2-8-13-10)5-3-7-12-9-6-11/h12H,1-9H2,(H,13,14). The summed E-state index contributed by atoms with van der Waals surface area (Å²) < 4.78 is 0. The second kappa shape index (κ2) is 4.30. The summed E-state index contributed by atoms with van der Waals surface area (Å²) >= 11 is 0. The minimum atomic E-state index is -0.0278. The van der Waals surface area contributed by atoms with E-state index in [1.54, 1.807) is 0 Å². The van der Waals surface area contributed by atoms with Gasteiger partial charge in [0, 0.05) is 6.54 Å². The summed E-state index contributed by atoms with van der Waals surface area (Å²) in [7, 11) is 0. The third-order valence-electron chi connectivity index (χ3n) is 3.64. The number of nitrogens with one attached hydrogen (secondary N) is 2. The van der Waals surface area contributed by atoms with Crippen LogP contribution < -0.4 is 10.6 Å². The molecule has 0 radical (unpaired) electrons. The summed E-state index contributed by atoms with van der Waals surface area (Å²) in [5, 5.41) is 6.45. The highest BCUT2D eigenvalue weighted by Crippen LogP contribution is 2.36. The van der Waals surface area contributed by atoms with Crippen molar-refractivity contribution in [1.82, 2.24) is 10.6 Å². The third-order valence-corrected chi connectivity index (χ3v) is 3.64. The predicted molar refractivity (Wildman–Crippen MR) is 56.0 cm³/mol. The zero-order chi connectivity index (χ0) is 9.86. The molecule has 2 saturated heterocycles. The molecule has 1 atom stereocenters. The molecule has 1 spiro atoms. The van der Waals surface area contributed by atoms with E-state index >= 15 is 0 Å². The van der Waals surface area contributed by atoms with E-state index in [0.29, 0.717) is 5.91 Å². The van der Waals surface area contributed by atoms with Crippen LogP contribution in [0, 0.1) is 5.41 Å². The predicted octanol–water partition coefficient (Wildman–Crippen LogP) is 1.05. The van der Waals surface area contributed by atoms with Crippen LogP contribution in [0.4, 0.5) is 0 Å². The monoisotopic (exact) mass is 196 g/mol. The molecule has 0 aromatic carbocycles. The first-order valence-corrected chi connectivity index (χ1v) is 5.83. The van der Waals surface area contributed by atoms with Crippen molar-refractivity contribution >= 4 is 5.91 Å². The van der Waals surface area contributed by atoms with Crippen molar-refractivity contribution in [3.8, 4) is 0 Å². The van der Waals surface area contributed by atoms with E-state index in [9.17, 15) is 4.79 Å². The first-order chi connectivity index (χ1) is 6.83. The summed E-state index contributed by atoms with van der Waals surface area (Å²) in [5.41, 5.74) is -0.0278. The zero-order valence-corrected chi connectivity index (χ0v) is 8.77. The van der Waals surface area contributed by atoms with Crippen LogP contribution in [0.1, 0.15) is 38.5 Å². The molecule has 2 aliphatic heterocycles. The van der Waals surface area contributed by atoms with Crippen molar-refractivity contribution in [1.29, 1.82) is 0 Å². The first-order valence-electron chi connectivity index (χ1n) is 5.83. The lowest BCUT2D eigenvalue weighted by atomic mass is 9.76. The van der Waals surface area contributed by atoms with Gasteiger partial charge in [0.2, 0.25) is 5.91 Å². The van der Waals surface area contributed by atoms with E-state index in [1.807, 2.05) is 0 Å². The fraction of sp³-hybridized carbons (Fsp3) is 0.909. The highest BCUT2D eigenvalue weighted by molar-refractivity contribution is 5.82. The van der Waals surface area contributed by atoms with Crippen LogP contribution in [0.15, 0.2) is 0 Å². The maximum absolute atomic E-state index is 12.0. The minimum Gasteiger partial charge on any atom is -0.356 e. The van der Waals surface area contributed by atoms with Gasteiger partial charge in [-0.3, -0.25) is 4.79 Å². The molecule has 0 bridgehead atoms. The molecule has 2 aliphatic rings. The van der Waals surface area contributed by atoms with Crippen molar-refractivity contribution in [2.45, 2.75) is 38.5 Å². The van der Waals surface area contributed by atoms with E-state index in [0.717, 1.165) is 51.7 Å². The Balaban J connectivity index is 2.11. The molecule has 80 valence electrons. The first kappa shape index (κ1) is 9.97. The van der Waals surface area contributed by atoms with Gasteiger partial charge in [-0.1, -0.05) is 6.42 Å². The SMILES string of the molecule is O=C1NCCCCC12CCCNCC2. The minimum absolute atomic E-state index is 0.0278. The molecule has 3 heteroatoms. The Morgan fingerprint density at radius 1 is 0.929 bits per heavy atom. The molecular formula is C11H20N2O. The average molecular weight is 196 g/mol. The van der Waals surface area contributed by atoms with Crippen molar-refractivity contribution in [2.24, 2.45) is 5.41 Å². The van der Waals surface area contributed by atoms with Crippen LogP contribution in [0.2, 0.25) is 0 Å². The number of hydrogen-bond donors (Lipinski definition) is 2. The number of rotatable bonds is 0. The quantitative estimate of drug-likeness (QED) is 0.608. The normalized spacial score (nSPS) is 34.7. The lowest BCUT2D eigenvalue weighted by molar-refractivity contribution is -0.131. The van der Waals surface area contributed by atoms with Crippen molar-refractivity contribution in [2.75, 3.05) is 19.6 Å². The summed E-state index contributed by atoms with van der Waals surface area (Å²) in [4.78, 5) is 12.0. The van der Waals surface area contributed by atoms with Gasteiger partial charge < -0.3 is 10.6 Å². The topological polar surface area (TPSA) is 41.1 Å². The van der Waals surface area contributed by atoms with Crippen LogP contribution in [0.3, 0.4) is 0 Å². The van der Waals surface area contributed by atoms with Crippen molar-refractivity contribution in [3.63, 3.8) is 0 Å². The lowest BCUT2D eigenvalue weighted by Gasteiger charge is -2.28. The van der Waals surface area contributed by atoms with E-state index in [-0.39, 0.29) is 5.41 Å². The molecule has 14 heavy (non-hydrogen) atoms. The fourth-order valence-corrected chi connectivity index (χ4v) is 2.70. The Hall–Kier alpha value is -0.570.